The summed E-state index contributed by atoms with van der Waals surface area (Å²) in [5.41, 5.74) is 0.0900. The summed E-state index contributed by atoms with van der Waals surface area (Å²) in [6.45, 7) is 7.80. The Morgan fingerprint density at radius 2 is 2.33 bits per heavy atom. The Bertz CT molecular complexity index is 509. The predicted molar refractivity (Wildman–Crippen MR) is 80.8 cm³/mol. The average Bonchev–Trinajstić information content (AvgIpc) is 2.86. The minimum absolute atomic E-state index is 0.135. The Balaban J connectivity index is 1.64. The summed E-state index contributed by atoms with van der Waals surface area (Å²) >= 11 is 0. The van der Waals surface area contributed by atoms with Crippen molar-refractivity contribution in [2.45, 2.75) is 51.4 Å². The Kier molecular flexibility index (Phi) is 3.62. The van der Waals surface area contributed by atoms with Gasteiger partial charge in [-0.15, -0.1) is 0 Å². The summed E-state index contributed by atoms with van der Waals surface area (Å²) in [4.78, 5) is 0. The summed E-state index contributed by atoms with van der Waals surface area (Å²) in [6, 6.07) is 0.408. The van der Waals surface area contributed by atoms with Crippen molar-refractivity contribution in [3.63, 3.8) is 0 Å². The highest BCUT2D eigenvalue weighted by Crippen LogP contribution is 2.51. The highest BCUT2D eigenvalue weighted by Gasteiger charge is 2.57. The lowest BCUT2D eigenvalue weighted by Crippen LogP contribution is -2.70. The molecule has 4 atom stereocenters. The van der Waals surface area contributed by atoms with Gasteiger partial charge in [0.1, 0.15) is 5.60 Å². The van der Waals surface area contributed by atoms with Gasteiger partial charge in [-0.2, -0.15) is 5.10 Å². The lowest BCUT2D eigenvalue weighted by molar-refractivity contribution is -0.194. The number of aromatic nitrogens is 2. The fraction of sp³-hybridized carbons (Fsp3) is 0.812. The van der Waals surface area contributed by atoms with E-state index in [-0.39, 0.29) is 5.41 Å². The van der Waals surface area contributed by atoms with Gasteiger partial charge in [0.2, 0.25) is 0 Å². The molecule has 1 aliphatic heterocycles. The summed E-state index contributed by atoms with van der Waals surface area (Å²) in [5.74, 6) is 0.582. The van der Waals surface area contributed by atoms with Gasteiger partial charge in [-0.25, -0.2) is 0 Å². The van der Waals surface area contributed by atoms with Crippen LogP contribution in [0.1, 0.15) is 39.2 Å². The number of hydrogen-bond acceptors (Lipinski definition) is 4. The third-order valence-electron chi connectivity index (χ3n) is 5.32. The Morgan fingerprint density at radius 3 is 3.00 bits per heavy atom. The SMILES string of the molecule is Cn1cc(C(C)(O)CNC2C3CCCOC3C2(C)C)cn1. The van der Waals surface area contributed by atoms with Crippen LogP contribution in [-0.2, 0) is 17.4 Å². The van der Waals surface area contributed by atoms with E-state index in [9.17, 15) is 5.11 Å². The molecule has 1 saturated heterocycles. The van der Waals surface area contributed by atoms with Crippen molar-refractivity contribution in [2.24, 2.45) is 18.4 Å². The molecule has 1 aromatic rings. The quantitative estimate of drug-likeness (QED) is 0.881. The van der Waals surface area contributed by atoms with Gasteiger partial charge in [-0.3, -0.25) is 4.68 Å². The van der Waals surface area contributed by atoms with Gasteiger partial charge in [-0.1, -0.05) is 13.8 Å². The number of aliphatic hydroxyl groups is 1. The standard InChI is InChI=1S/C16H27N3O2/c1-15(2)13(12-6-5-7-21-14(12)15)17-10-16(3,20)11-8-18-19(4)9-11/h8-9,12-14,17,20H,5-7,10H2,1-4H3. The molecule has 1 saturated carbocycles. The first-order valence-corrected chi connectivity index (χ1v) is 7.89. The molecule has 0 amide bonds. The number of rotatable bonds is 4. The third-order valence-corrected chi connectivity index (χ3v) is 5.32. The van der Waals surface area contributed by atoms with Crippen LogP contribution in [0.25, 0.3) is 0 Å². The van der Waals surface area contributed by atoms with Crippen LogP contribution in [0.2, 0.25) is 0 Å². The predicted octanol–water partition coefficient (Wildman–Crippen LogP) is 1.42. The van der Waals surface area contributed by atoms with E-state index < -0.39 is 5.60 Å². The number of hydrogen-bond donors (Lipinski definition) is 2. The molecule has 5 nitrogen and oxygen atoms in total. The number of fused-ring (bicyclic) bond motifs is 1. The van der Waals surface area contributed by atoms with E-state index in [0.29, 0.717) is 24.6 Å². The largest absolute Gasteiger partial charge is 0.384 e. The van der Waals surface area contributed by atoms with Gasteiger partial charge in [-0.05, 0) is 19.8 Å². The van der Waals surface area contributed by atoms with Crippen LogP contribution in [0.5, 0.6) is 0 Å². The summed E-state index contributed by atoms with van der Waals surface area (Å²) in [6.07, 6.45) is 6.35. The molecule has 2 aliphatic rings. The van der Waals surface area contributed by atoms with Crippen molar-refractivity contribution in [1.82, 2.24) is 15.1 Å². The van der Waals surface area contributed by atoms with E-state index in [1.807, 2.05) is 20.2 Å². The number of aryl methyl sites for hydroxylation is 1. The summed E-state index contributed by atoms with van der Waals surface area (Å²) in [5, 5.41) is 18.4. The van der Waals surface area contributed by atoms with Crippen LogP contribution < -0.4 is 5.32 Å². The normalized spacial score (nSPS) is 33.9. The molecule has 1 aliphatic carbocycles. The van der Waals surface area contributed by atoms with E-state index >= 15 is 0 Å². The first kappa shape index (κ1) is 15.0. The van der Waals surface area contributed by atoms with Crippen LogP contribution in [0, 0.1) is 11.3 Å². The zero-order valence-corrected chi connectivity index (χ0v) is 13.5. The lowest BCUT2D eigenvalue weighted by Gasteiger charge is -2.60. The van der Waals surface area contributed by atoms with Gasteiger partial charge in [0.15, 0.2) is 0 Å². The molecule has 3 rings (SSSR count). The third kappa shape index (κ3) is 2.51. The first-order chi connectivity index (χ1) is 9.82. The van der Waals surface area contributed by atoms with Gasteiger partial charge in [0, 0.05) is 49.3 Å². The van der Waals surface area contributed by atoms with E-state index in [2.05, 4.69) is 24.3 Å². The zero-order chi connectivity index (χ0) is 15.3. The highest BCUT2D eigenvalue weighted by atomic mass is 16.5. The Labute approximate surface area is 126 Å². The molecular formula is C16H27N3O2. The summed E-state index contributed by atoms with van der Waals surface area (Å²) < 4.78 is 7.65. The molecular weight excluding hydrogens is 266 g/mol. The maximum Gasteiger partial charge on any atom is 0.102 e. The smallest absolute Gasteiger partial charge is 0.102 e. The molecule has 2 fully saturated rings. The lowest BCUT2D eigenvalue weighted by atomic mass is 9.55. The molecule has 0 aromatic carbocycles. The van der Waals surface area contributed by atoms with E-state index in [1.54, 1.807) is 10.9 Å². The molecule has 118 valence electrons. The van der Waals surface area contributed by atoms with Crippen LogP contribution in [0.4, 0.5) is 0 Å². The van der Waals surface area contributed by atoms with E-state index in [4.69, 9.17) is 4.74 Å². The van der Waals surface area contributed by atoms with E-state index in [1.165, 1.54) is 6.42 Å². The molecule has 21 heavy (non-hydrogen) atoms. The second kappa shape index (κ2) is 5.07. The first-order valence-electron chi connectivity index (χ1n) is 7.89. The van der Waals surface area contributed by atoms with Crippen molar-refractivity contribution in [2.75, 3.05) is 13.2 Å². The fourth-order valence-corrected chi connectivity index (χ4v) is 4.05. The molecule has 1 aromatic heterocycles. The highest BCUT2D eigenvalue weighted by molar-refractivity contribution is 5.16. The number of ether oxygens (including phenoxy) is 1. The average molecular weight is 293 g/mol. The van der Waals surface area contributed by atoms with Crippen LogP contribution >= 0.6 is 0 Å². The van der Waals surface area contributed by atoms with Gasteiger partial charge < -0.3 is 15.2 Å². The second-order valence-electron chi connectivity index (χ2n) is 7.45. The second-order valence-corrected chi connectivity index (χ2v) is 7.45. The maximum atomic E-state index is 10.7. The minimum Gasteiger partial charge on any atom is -0.384 e. The fourth-order valence-electron chi connectivity index (χ4n) is 4.05. The van der Waals surface area contributed by atoms with Crippen LogP contribution in [0.3, 0.4) is 0 Å². The van der Waals surface area contributed by atoms with Gasteiger partial charge in [0.05, 0.1) is 12.3 Å². The van der Waals surface area contributed by atoms with Gasteiger partial charge in [0.25, 0.3) is 0 Å². The number of nitrogens with one attached hydrogen (secondary N) is 1. The molecule has 0 bridgehead atoms. The van der Waals surface area contributed by atoms with Crippen LogP contribution in [0.15, 0.2) is 12.4 Å². The van der Waals surface area contributed by atoms with Crippen molar-refractivity contribution in [3.05, 3.63) is 18.0 Å². The zero-order valence-electron chi connectivity index (χ0n) is 13.5. The maximum absolute atomic E-state index is 10.7. The Hall–Kier alpha value is -0.910. The van der Waals surface area contributed by atoms with E-state index in [0.717, 1.165) is 18.6 Å². The molecule has 5 heteroatoms. The molecule has 0 radical (unpaired) electrons. The van der Waals surface area contributed by atoms with Crippen molar-refractivity contribution >= 4 is 0 Å². The molecule has 4 unspecified atom stereocenters. The molecule has 2 N–H and O–H groups in total. The topological polar surface area (TPSA) is 59.3 Å². The summed E-state index contributed by atoms with van der Waals surface area (Å²) in [7, 11) is 1.87. The van der Waals surface area contributed by atoms with Crippen LogP contribution in [-0.4, -0.2) is 40.2 Å². The van der Waals surface area contributed by atoms with Crippen molar-refractivity contribution < 1.29 is 9.84 Å². The van der Waals surface area contributed by atoms with Gasteiger partial charge >= 0.3 is 0 Å². The van der Waals surface area contributed by atoms with Crippen molar-refractivity contribution in [1.29, 1.82) is 0 Å². The minimum atomic E-state index is -0.898. The monoisotopic (exact) mass is 293 g/mol. The van der Waals surface area contributed by atoms with Crippen molar-refractivity contribution in [3.8, 4) is 0 Å². The number of nitrogens with zero attached hydrogens (tertiary/aromatic N) is 2. The molecule has 0 spiro atoms. The Morgan fingerprint density at radius 1 is 1.57 bits per heavy atom. The molecule has 2 heterocycles.